The Balaban J connectivity index is 2.28. The van der Waals surface area contributed by atoms with E-state index in [2.05, 4.69) is 0 Å². The number of ether oxygens (including phenoxy) is 1. The van der Waals surface area contributed by atoms with Crippen LogP contribution in [0.3, 0.4) is 0 Å². The highest BCUT2D eigenvalue weighted by Crippen LogP contribution is 2.36. The van der Waals surface area contributed by atoms with Crippen LogP contribution < -0.4 is 9.84 Å². The molecule has 0 bridgehead atoms. The summed E-state index contributed by atoms with van der Waals surface area (Å²) < 4.78 is 5.21. The van der Waals surface area contributed by atoms with Crippen LogP contribution in [0, 0.1) is 5.92 Å². The van der Waals surface area contributed by atoms with Crippen LogP contribution >= 0.6 is 0 Å². The van der Waals surface area contributed by atoms with E-state index in [-0.39, 0.29) is 5.92 Å². The molecule has 0 saturated heterocycles. The molecule has 2 atom stereocenters. The Morgan fingerprint density at radius 3 is 2.55 bits per heavy atom. The van der Waals surface area contributed by atoms with Gasteiger partial charge < -0.3 is 19.7 Å². The van der Waals surface area contributed by atoms with Crippen LogP contribution in [0.4, 0.5) is 0 Å². The summed E-state index contributed by atoms with van der Waals surface area (Å²) in [7, 11) is 1.50. The smallest absolute Gasteiger partial charge is 0.122 e. The molecule has 2 unspecified atom stereocenters. The van der Waals surface area contributed by atoms with Crippen LogP contribution in [0.1, 0.15) is 43.6 Å². The molecule has 20 heavy (non-hydrogen) atoms. The molecular formula is C16H21O4-. The average Bonchev–Trinajstić information content (AvgIpc) is 2.48. The number of benzene rings is 1. The summed E-state index contributed by atoms with van der Waals surface area (Å²) in [5.41, 5.74) is 0.494. The third-order valence-corrected chi connectivity index (χ3v) is 4.20. The lowest BCUT2D eigenvalue weighted by atomic mass is 9.78. The monoisotopic (exact) mass is 277 g/mol. The Labute approximate surface area is 119 Å². The van der Waals surface area contributed by atoms with Crippen LogP contribution in [-0.4, -0.2) is 24.3 Å². The van der Waals surface area contributed by atoms with Gasteiger partial charge in [-0.25, -0.2) is 0 Å². The Bertz CT molecular complexity index is 452. The van der Waals surface area contributed by atoms with E-state index in [0.29, 0.717) is 11.3 Å². The molecular weight excluding hydrogens is 256 g/mol. The molecule has 0 aliphatic heterocycles. The lowest BCUT2D eigenvalue weighted by molar-refractivity contribution is -0.310. The molecule has 1 saturated carbocycles. The van der Waals surface area contributed by atoms with E-state index in [1.807, 2.05) is 0 Å². The summed E-state index contributed by atoms with van der Waals surface area (Å²) in [6.07, 6.45) is 4.09. The lowest BCUT2D eigenvalue weighted by Crippen LogP contribution is -2.41. The normalized spacial score (nSPS) is 19.3. The van der Waals surface area contributed by atoms with Crippen molar-refractivity contribution in [1.82, 2.24) is 0 Å². The van der Waals surface area contributed by atoms with Crippen molar-refractivity contribution < 1.29 is 19.7 Å². The molecule has 1 fully saturated rings. The van der Waals surface area contributed by atoms with Gasteiger partial charge in [-0.05, 0) is 24.8 Å². The lowest BCUT2D eigenvalue weighted by Gasteiger charge is -2.33. The third kappa shape index (κ3) is 3.12. The topological polar surface area (TPSA) is 69.6 Å². The van der Waals surface area contributed by atoms with E-state index in [0.717, 1.165) is 32.1 Å². The molecule has 0 heterocycles. The van der Waals surface area contributed by atoms with E-state index in [1.54, 1.807) is 24.3 Å². The molecule has 4 heteroatoms. The fourth-order valence-electron chi connectivity index (χ4n) is 3.12. The second-order valence-electron chi connectivity index (χ2n) is 5.43. The molecule has 1 aliphatic rings. The number of carbonyl (C=O) groups is 1. The first-order valence-corrected chi connectivity index (χ1v) is 7.17. The largest absolute Gasteiger partial charge is 0.549 e. The number of rotatable bonds is 5. The maximum absolute atomic E-state index is 11.5. The van der Waals surface area contributed by atoms with E-state index in [9.17, 15) is 15.0 Å². The highest BCUT2D eigenvalue weighted by molar-refractivity contribution is 5.76. The molecule has 2 rings (SSSR count). The van der Waals surface area contributed by atoms with Gasteiger partial charge in [0, 0.05) is 5.56 Å². The van der Waals surface area contributed by atoms with Gasteiger partial charge in [0.2, 0.25) is 0 Å². The summed E-state index contributed by atoms with van der Waals surface area (Å²) in [6, 6.07) is 6.92. The Kier molecular flexibility index (Phi) is 5.01. The first kappa shape index (κ1) is 14.9. The summed E-state index contributed by atoms with van der Waals surface area (Å²) in [6.45, 7) is 0. The van der Waals surface area contributed by atoms with Gasteiger partial charge in [0.05, 0.1) is 25.1 Å². The minimum absolute atomic E-state index is 0.0246. The van der Waals surface area contributed by atoms with Crippen molar-refractivity contribution in [3.63, 3.8) is 0 Å². The number of aliphatic hydroxyl groups is 1. The Hall–Kier alpha value is -1.55. The summed E-state index contributed by atoms with van der Waals surface area (Å²) in [5.74, 6) is -1.77. The quantitative estimate of drug-likeness (QED) is 0.885. The fraction of sp³-hybridized carbons (Fsp3) is 0.562. The van der Waals surface area contributed by atoms with Crippen LogP contribution in [0.25, 0.3) is 0 Å². The number of aliphatic carboxylic acids is 1. The van der Waals surface area contributed by atoms with Crippen LogP contribution in [0.5, 0.6) is 5.75 Å². The van der Waals surface area contributed by atoms with Crippen molar-refractivity contribution in [1.29, 1.82) is 0 Å². The zero-order chi connectivity index (χ0) is 14.5. The van der Waals surface area contributed by atoms with Crippen molar-refractivity contribution in [2.24, 2.45) is 5.92 Å². The second-order valence-corrected chi connectivity index (χ2v) is 5.43. The van der Waals surface area contributed by atoms with E-state index >= 15 is 0 Å². The van der Waals surface area contributed by atoms with Crippen molar-refractivity contribution in [3.05, 3.63) is 29.8 Å². The van der Waals surface area contributed by atoms with Crippen LogP contribution in [0.15, 0.2) is 24.3 Å². The predicted molar refractivity (Wildman–Crippen MR) is 73.3 cm³/mol. The van der Waals surface area contributed by atoms with Gasteiger partial charge >= 0.3 is 0 Å². The number of carboxylic acid groups (broad SMARTS) is 1. The molecule has 0 radical (unpaired) electrons. The minimum atomic E-state index is -1.24. The molecule has 110 valence electrons. The standard InChI is InChI=1S/C16H22O4/c1-20-13-10-6-5-9-12(13)14(16(18)19)15(17)11-7-3-2-4-8-11/h5-6,9-11,14-15,17H,2-4,7-8H2,1H3,(H,18,19)/p-1. The van der Waals surface area contributed by atoms with Gasteiger partial charge in [0.1, 0.15) is 5.75 Å². The number of hydrogen-bond acceptors (Lipinski definition) is 4. The van der Waals surface area contributed by atoms with Gasteiger partial charge in [0.25, 0.3) is 0 Å². The van der Waals surface area contributed by atoms with E-state index < -0.39 is 18.0 Å². The van der Waals surface area contributed by atoms with Crippen LogP contribution in [-0.2, 0) is 4.79 Å². The highest BCUT2D eigenvalue weighted by Gasteiger charge is 2.32. The molecule has 1 aliphatic carbocycles. The molecule has 1 aromatic rings. The third-order valence-electron chi connectivity index (χ3n) is 4.20. The average molecular weight is 277 g/mol. The predicted octanol–water partition coefficient (Wildman–Crippen LogP) is 1.47. The Morgan fingerprint density at radius 2 is 1.95 bits per heavy atom. The van der Waals surface area contributed by atoms with Crippen molar-refractivity contribution >= 4 is 5.97 Å². The number of methoxy groups -OCH3 is 1. The van der Waals surface area contributed by atoms with Gasteiger partial charge in [-0.1, -0.05) is 37.5 Å². The Morgan fingerprint density at radius 1 is 1.30 bits per heavy atom. The number of para-hydroxylation sites is 1. The number of carboxylic acids is 1. The first-order valence-electron chi connectivity index (χ1n) is 7.17. The van der Waals surface area contributed by atoms with Crippen molar-refractivity contribution in [2.75, 3.05) is 7.11 Å². The van der Waals surface area contributed by atoms with Gasteiger partial charge in [-0.15, -0.1) is 0 Å². The van der Waals surface area contributed by atoms with Gasteiger partial charge in [-0.2, -0.15) is 0 Å². The molecule has 0 aromatic heterocycles. The van der Waals surface area contributed by atoms with Crippen molar-refractivity contribution in [2.45, 2.75) is 44.1 Å². The minimum Gasteiger partial charge on any atom is -0.549 e. The summed E-state index contributed by atoms with van der Waals surface area (Å²) >= 11 is 0. The van der Waals surface area contributed by atoms with E-state index in [4.69, 9.17) is 4.74 Å². The van der Waals surface area contributed by atoms with E-state index in [1.165, 1.54) is 7.11 Å². The number of aliphatic hydroxyl groups excluding tert-OH is 1. The second kappa shape index (κ2) is 6.75. The number of carbonyl (C=O) groups excluding carboxylic acids is 1. The SMILES string of the molecule is COc1ccccc1C(C(=O)[O-])C(O)C1CCCCC1. The molecule has 0 spiro atoms. The fourth-order valence-corrected chi connectivity index (χ4v) is 3.12. The molecule has 0 amide bonds. The van der Waals surface area contributed by atoms with Crippen LogP contribution in [0.2, 0.25) is 0 Å². The zero-order valence-corrected chi connectivity index (χ0v) is 11.7. The maximum atomic E-state index is 11.5. The summed E-state index contributed by atoms with van der Waals surface area (Å²) in [4.78, 5) is 11.5. The number of hydrogen-bond donors (Lipinski definition) is 1. The summed E-state index contributed by atoms with van der Waals surface area (Å²) in [5, 5.41) is 22.0. The zero-order valence-electron chi connectivity index (χ0n) is 11.7. The molecule has 1 N–H and O–H groups in total. The van der Waals surface area contributed by atoms with Gasteiger partial charge in [0.15, 0.2) is 0 Å². The first-order chi connectivity index (χ1) is 9.65. The highest BCUT2D eigenvalue weighted by atomic mass is 16.5. The maximum Gasteiger partial charge on any atom is 0.122 e. The van der Waals surface area contributed by atoms with Gasteiger partial charge in [-0.3, -0.25) is 0 Å². The molecule has 1 aromatic carbocycles. The van der Waals surface area contributed by atoms with Crippen molar-refractivity contribution in [3.8, 4) is 5.75 Å². The molecule has 4 nitrogen and oxygen atoms in total.